The van der Waals surface area contributed by atoms with E-state index >= 15 is 0 Å². The van der Waals surface area contributed by atoms with Gasteiger partial charge in [-0.05, 0) is 43.9 Å². The molecule has 0 unspecified atom stereocenters. The van der Waals surface area contributed by atoms with Crippen LogP contribution in [0.25, 0.3) is 0 Å². The zero-order valence-corrected chi connectivity index (χ0v) is 11.6. The van der Waals surface area contributed by atoms with Crippen LogP contribution in [-0.2, 0) is 4.74 Å². The van der Waals surface area contributed by atoms with Crippen molar-refractivity contribution < 1.29 is 9.84 Å². The summed E-state index contributed by atoms with van der Waals surface area (Å²) >= 11 is 0. The molecule has 0 aromatic rings. The highest BCUT2D eigenvalue weighted by Crippen LogP contribution is 2.61. The van der Waals surface area contributed by atoms with E-state index in [0.717, 1.165) is 38.5 Å². The van der Waals surface area contributed by atoms with E-state index in [-0.39, 0.29) is 11.7 Å². The minimum Gasteiger partial charge on any atom is -0.387 e. The minimum atomic E-state index is -0.649. The van der Waals surface area contributed by atoms with Gasteiger partial charge in [-0.25, -0.2) is 0 Å². The van der Waals surface area contributed by atoms with Gasteiger partial charge in [-0.2, -0.15) is 0 Å². The molecule has 1 heterocycles. The number of ether oxygens (including phenoxy) is 1. The van der Waals surface area contributed by atoms with Gasteiger partial charge in [-0.3, -0.25) is 0 Å². The molecule has 3 rings (SSSR count). The Bertz CT molecular complexity index is 413. The molecule has 2 fully saturated rings. The van der Waals surface area contributed by atoms with Gasteiger partial charge < -0.3 is 9.84 Å². The molecule has 1 spiro atoms. The molecular formula is C17H24O2. The fraction of sp³-hybridized carbons (Fsp3) is 0.647. The molecule has 0 aromatic carbocycles. The summed E-state index contributed by atoms with van der Waals surface area (Å²) in [5.74, 6) is 0.951. The third-order valence-electron chi connectivity index (χ3n) is 5.37. The molecule has 0 amide bonds. The van der Waals surface area contributed by atoms with Crippen molar-refractivity contribution in [3.8, 4) is 0 Å². The Labute approximate surface area is 115 Å². The molecule has 1 saturated carbocycles. The number of rotatable bonds is 4. The van der Waals surface area contributed by atoms with Crippen LogP contribution in [0.15, 0.2) is 37.5 Å². The van der Waals surface area contributed by atoms with Gasteiger partial charge in [0.2, 0.25) is 0 Å². The summed E-state index contributed by atoms with van der Waals surface area (Å²) in [5.41, 5.74) is -0.993. The minimum absolute atomic E-state index is 0.140. The van der Waals surface area contributed by atoms with Crippen LogP contribution >= 0.6 is 0 Å². The number of hydrogen-bond acceptors (Lipinski definition) is 2. The maximum atomic E-state index is 11.2. The fourth-order valence-electron chi connectivity index (χ4n) is 4.70. The van der Waals surface area contributed by atoms with Gasteiger partial charge in [0, 0.05) is 6.42 Å². The topological polar surface area (TPSA) is 29.5 Å². The quantitative estimate of drug-likeness (QED) is 0.785. The van der Waals surface area contributed by atoms with Crippen LogP contribution in [-0.4, -0.2) is 22.4 Å². The van der Waals surface area contributed by atoms with E-state index in [2.05, 4.69) is 25.3 Å². The average molecular weight is 260 g/mol. The lowest BCUT2D eigenvalue weighted by molar-refractivity contribution is -0.137. The molecule has 0 radical (unpaired) electrons. The lowest BCUT2D eigenvalue weighted by Crippen LogP contribution is -2.51. The van der Waals surface area contributed by atoms with Crippen molar-refractivity contribution in [3.05, 3.63) is 37.5 Å². The van der Waals surface area contributed by atoms with Crippen molar-refractivity contribution in [1.82, 2.24) is 0 Å². The van der Waals surface area contributed by atoms with E-state index in [4.69, 9.17) is 4.74 Å². The SMILES string of the molecule is C=CC[C@H]1C[C@@]2(O)C[C@@H](CC=C)[C@H]3CC=CC[C@@]32O1. The average Bonchev–Trinajstić information content (AvgIpc) is 2.75. The lowest BCUT2D eigenvalue weighted by Gasteiger charge is -2.41. The van der Waals surface area contributed by atoms with E-state index in [1.807, 2.05) is 12.2 Å². The Kier molecular flexibility index (Phi) is 3.18. The highest BCUT2D eigenvalue weighted by molar-refractivity contribution is 5.23. The van der Waals surface area contributed by atoms with Crippen LogP contribution in [0.2, 0.25) is 0 Å². The lowest BCUT2D eigenvalue weighted by atomic mass is 9.73. The molecule has 1 aliphatic heterocycles. The first-order valence-electron chi connectivity index (χ1n) is 7.42. The number of hydrogen-bond donors (Lipinski definition) is 1. The van der Waals surface area contributed by atoms with Crippen molar-refractivity contribution in [2.24, 2.45) is 11.8 Å². The first-order chi connectivity index (χ1) is 9.15. The number of allylic oxidation sites excluding steroid dienone is 2. The molecule has 5 atom stereocenters. The molecule has 0 aromatic heterocycles. The van der Waals surface area contributed by atoms with E-state index in [1.54, 1.807) is 0 Å². The van der Waals surface area contributed by atoms with Gasteiger partial charge in [0.15, 0.2) is 0 Å². The summed E-state index contributed by atoms with van der Waals surface area (Å²) in [7, 11) is 0. The normalized spacial score (nSPS) is 47.7. The Hall–Kier alpha value is -0.860. The van der Waals surface area contributed by atoms with Crippen molar-refractivity contribution in [1.29, 1.82) is 0 Å². The molecule has 2 nitrogen and oxygen atoms in total. The summed E-state index contributed by atoms with van der Waals surface area (Å²) in [6.45, 7) is 7.66. The zero-order valence-electron chi connectivity index (χ0n) is 11.6. The van der Waals surface area contributed by atoms with Crippen LogP contribution in [0.5, 0.6) is 0 Å². The molecule has 2 aliphatic carbocycles. The highest BCUT2D eigenvalue weighted by Gasteiger charge is 2.68. The van der Waals surface area contributed by atoms with Gasteiger partial charge in [0.1, 0.15) is 5.60 Å². The van der Waals surface area contributed by atoms with Crippen LogP contribution in [0, 0.1) is 11.8 Å². The standard InChI is InChI=1S/C17H24O2/c1-3-7-13-11-16(18)12-14(8-4-2)19-17(16)10-6-5-9-15(13)17/h3-6,13-15,18H,1-2,7-12H2/t13-,14+,15-,16+,17-/m1/s1. The third-order valence-corrected chi connectivity index (χ3v) is 5.37. The van der Waals surface area contributed by atoms with Gasteiger partial charge >= 0.3 is 0 Å². The highest BCUT2D eigenvalue weighted by atomic mass is 16.5. The summed E-state index contributed by atoms with van der Waals surface area (Å²) in [5, 5.41) is 11.2. The first-order valence-corrected chi connectivity index (χ1v) is 7.42. The van der Waals surface area contributed by atoms with Crippen molar-refractivity contribution in [2.45, 2.75) is 55.8 Å². The molecule has 0 bridgehead atoms. The molecule has 1 saturated heterocycles. The summed E-state index contributed by atoms with van der Waals surface area (Å²) in [4.78, 5) is 0. The van der Waals surface area contributed by atoms with Crippen molar-refractivity contribution in [2.75, 3.05) is 0 Å². The summed E-state index contributed by atoms with van der Waals surface area (Å²) in [6, 6.07) is 0. The van der Waals surface area contributed by atoms with Crippen LogP contribution < -0.4 is 0 Å². The Morgan fingerprint density at radius 3 is 2.74 bits per heavy atom. The second kappa shape index (κ2) is 4.60. The van der Waals surface area contributed by atoms with Crippen LogP contribution in [0.4, 0.5) is 0 Å². The van der Waals surface area contributed by atoms with Gasteiger partial charge in [0.25, 0.3) is 0 Å². The predicted molar refractivity (Wildman–Crippen MR) is 76.8 cm³/mol. The molecular weight excluding hydrogens is 236 g/mol. The van der Waals surface area contributed by atoms with Crippen LogP contribution in [0.3, 0.4) is 0 Å². The van der Waals surface area contributed by atoms with Crippen molar-refractivity contribution >= 4 is 0 Å². The Morgan fingerprint density at radius 1 is 1.21 bits per heavy atom. The van der Waals surface area contributed by atoms with Crippen LogP contribution in [0.1, 0.15) is 38.5 Å². The van der Waals surface area contributed by atoms with E-state index in [9.17, 15) is 5.11 Å². The third kappa shape index (κ3) is 1.77. The maximum Gasteiger partial charge on any atom is 0.104 e. The zero-order chi connectivity index (χ0) is 13.5. The van der Waals surface area contributed by atoms with Gasteiger partial charge in [-0.1, -0.05) is 24.3 Å². The Morgan fingerprint density at radius 2 is 2.00 bits per heavy atom. The number of aliphatic hydroxyl groups is 1. The van der Waals surface area contributed by atoms with Gasteiger partial charge in [0.05, 0.1) is 11.7 Å². The second-order valence-electron chi connectivity index (χ2n) is 6.40. The maximum absolute atomic E-state index is 11.2. The fourth-order valence-corrected chi connectivity index (χ4v) is 4.70. The van der Waals surface area contributed by atoms with Gasteiger partial charge in [-0.15, -0.1) is 13.2 Å². The first kappa shape index (κ1) is 13.1. The molecule has 104 valence electrons. The van der Waals surface area contributed by atoms with E-state index in [0.29, 0.717) is 11.8 Å². The smallest absolute Gasteiger partial charge is 0.104 e. The molecule has 1 N–H and O–H groups in total. The van der Waals surface area contributed by atoms with Crippen molar-refractivity contribution in [3.63, 3.8) is 0 Å². The molecule has 19 heavy (non-hydrogen) atoms. The Balaban J connectivity index is 1.92. The second-order valence-corrected chi connectivity index (χ2v) is 6.40. The summed E-state index contributed by atoms with van der Waals surface area (Å²) < 4.78 is 6.39. The monoisotopic (exact) mass is 260 g/mol. The molecule has 3 aliphatic rings. The summed E-state index contributed by atoms with van der Waals surface area (Å²) in [6.07, 6.45) is 13.8. The molecule has 2 heteroatoms. The largest absolute Gasteiger partial charge is 0.387 e. The predicted octanol–water partition coefficient (Wildman–Crippen LogP) is 3.38. The van der Waals surface area contributed by atoms with E-state index < -0.39 is 5.60 Å². The van der Waals surface area contributed by atoms with E-state index in [1.165, 1.54) is 0 Å².